The number of aromatic nitrogens is 1. The van der Waals surface area contributed by atoms with E-state index >= 15 is 0 Å². The molecule has 0 aliphatic heterocycles. The van der Waals surface area contributed by atoms with Crippen LogP contribution in [0.3, 0.4) is 0 Å². The highest BCUT2D eigenvalue weighted by atomic mass is 19.1. The van der Waals surface area contributed by atoms with Gasteiger partial charge in [-0.25, -0.2) is 4.39 Å². The van der Waals surface area contributed by atoms with Gasteiger partial charge in [0.1, 0.15) is 18.1 Å². The molecule has 1 aliphatic carbocycles. The Bertz CT molecular complexity index is 1430. The molecule has 7 heteroatoms. The monoisotopic (exact) mass is 500 g/mol. The van der Waals surface area contributed by atoms with Crippen LogP contribution >= 0.6 is 0 Å². The Balaban J connectivity index is 1.40. The zero-order valence-electron chi connectivity index (χ0n) is 20.6. The van der Waals surface area contributed by atoms with Crippen LogP contribution in [-0.2, 0) is 35.4 Å². The van der Waals surface area contributed by atoms with Crippen molar-refractivity contribution in [3.05, 3.63) is 101 Å². The van der Waals surface area contributed by atoms with Crippen LogP contribution in [0.4, 0.5) is 4.39 Å². The van der Waals surface area contributed by atoms with Crippen LogP contribution in [0.1, 0.15) is 34.7 Å². The van der Waals surface area contributed by atoms with Gasteiger partial charge >= 0.3 is 5.97 Å². The number of nitrogens with zero attached hydrogens (tertiary/aromatic N) is 1. The predicted octanol–water partition coefficient (Wildman–Crippen LogP) is 4.87. The zero-order valence-corrected chi connectivity index (χ0v) is 20.6. The van der Waals surface area contributed by atoms with Crippen molar-refractivity contribution in [1.82, 2.24) is 9.88 Å². The number of benzene rings is 3. The first-order valence-electron chi connectivity index (χ1n) is 12.4. The number of halogens is 1. The van der Waals surface area contributed by atoms with Crippen LogP contribution in [0.2, 0.25) is 0 Å². The lowest BCUT2D eigenvalue weighted by molar-refractivity contribution is -0.137. The number of carboxylic acids is 1. The summed E-state index contributed by atoms with van der Waals surface area (Å²) < 4.78 is 21.2. The molecule has 1 heterocycles. The third kappa shape index (κ3) is 5.21. The summed E-state index contributed by atoms with van der Waals surface area (Å²) in [7, 11) is 1.62. The first-order chi connectivity index (χ1) is 17.9. The Hall–Kier alpha value is -4.13. The number of rotatable bonds is 8. The minimum absolute atomic E-state index is 0.0593. The molecule has 5 rings (SSSR count). The van der Waals surface area contributed by atoms with Crippen molar-refractivity contribution in [2.24, 2.45) is 0 Å². The van der Waals surface area contributed by atoms with Gasteiger partial charge in [0.05, 0.1) is 13.0 Å². The lowest BCUT2D eigenvalue weighted by Gasteiger charge is -2.27. The normalized spacial score (nSPS) is 15.7. The molecule has 3 aromatic carbocycles. The van der Waals surface area contributed by atoms with Gasteiger partial charge in [-0.15, -0.1) is 0 Å². The lowest BCUT2D eigenvalue weighted by Crippen LogP contribution is -2.42. The Morgan fingerprint density at radius 3 is 2.57 bits per heavy atom. The Morgan fingerprint density at radius 2 is 1.86 bits per heavy atom. The van der Waals surface area contributed by atoms with Crippen molar-refractivity contribution in [2.45, 2.75) is 44.2 Å². The van der Waals surface area contributed by atoms with E-state index in [2.05, 4.69) is 5.32 Å². The van der Waals surface area contributed by atoms with E-state index in [1.165, 1.54) is 12.1 Å². The topological polar surface area (TPSA) is 80.6 Å². The van der Waals surface area contributed by atoms with Gasteiger partial charge in [-0.3, -0.25) is 9.59 Å². The fourth-order valence-electron chi connectivity index (χ4n) is 5.41. The number of carbonyl (C=O) groups is 2. The third-order valence-corrected chi connectivity index (χ3v) is 7.19. The largest absolute Gasteiger partial charge is 0.497 e. The number of nitrogens with one attached hydrogen (secondary N) is 1. The maximum Gasteiger partial charge on any atom is 0.323 e. The minimum Gasteiger partial charge on any atom is -0.497 e. The summed E-state index contributed by atoms with van der Waals surface area (Å²) in [6.07, 6.45) is 2.36. The highest BCUT2D eigenvalue weighted by molar-refractivity contribution is 5.88. The summed E-state index contributed by atoms with van der Waals surface area (Å²) in [6.45, 7) is -0.174. The van der Waals surface area contributed by atoms with Crippen molar-refractivity contribution in [2.75, 3.05) is 7.11 Å². The zero-order chi connectivity index (χ0) is 25.9. The van der Waals surface area contributed by atoms with Gasteiger partial charge in [-0.2, -0.15) is 0 Å². The molecule has 0 saturated carbocycles. The van der Waals surface area contributed by atoms with E-state index in [4.69, 9.17) is 4.74 Å². The number of aliphatic carboxylic acids is 1. The number of hydrogen-bond donors (Lipinski definition) is 2. The molecule has 1 aliphatic rings. The van der Waals surface area contributed by atoms with E-state index in [1.807, 2.05) is 54.6 Å². The number of amides is 1. The number of methoxy groups -OCH3 is 1. The molecule has 4 aromatic rings. The molecule has 1 aromatic heterocycles. The first-order valence-corrected chi connectivity index (χ1v) is 12.4. The smallest absolute Gasteiger partial charge is 0.323 e. The van der Waals surface area contributed by atoms with Gasteiger partial charge in [-0.05, 0) is 72.7 Å². The third-order valence-electron chi connectivity index (χ3n) is 7.19. The summed E-state index contributed by atoms with van der Waals surface area (Å²) in [5.41, 5.74) is 4.50. The van der Waals surface area contributed by atoms with Crippen LogP contribution in [0.25, 0.3) is 10.9 Å². The second-order valence-corrected chi connectivity index (χ2v) is 9.53. The number of carbonyl (C=O) groups excluding carboxylic acids is 1. The Morgan fingerprint density at radius 1 is 1.11 bits per heavy atom. The van der Waals surface area contributed by atoms with Crippen LogP contribution in [0.5, 0.6) is 5.75 Å². The van der Waals surface area contributed by atoms with E-state index in [1.54, 1.807) is 17.7 Å². The van der Waals surface area contributed by atoms with Crippen LogP contribution < -0.4 is 10.1 Å². The Labute approximate surface area is 214 Å². The summed E-state index contributed by atoms with van der Waals surface area (Å²) in [5.74, 6) is -0.972. The quantitative estimate of drug-likeness (QED) is 0.362. The van der Waals surface area contributed by atoms with Crippen molar-refractivity contribution in [1.29, 1.82) is 0 Å². The highest BCUT2D eigenvalue weighted by Gasteiger charge is 2.29. The van der Waals surface area contributed by atoms with Crippen molar-refractivity contribution in [3.8, 4) is 5.75 Å². The van der Waals surface area contributed by atoms with Crippen LogP contribution in [-0.4, -0.2) is 34.7 Å². The molecule has 37 heavy (non-hydrogen) atoms. The molecule has 0 radical (unpaired) electrons. The average Bonchev–Trinajstić information content (AvgIpc) is 3.19. The molecule has 1 amide bonds. The maximum atomic E-state index is 14.1. The second kappa shape index (κ2) is 10.5. The molecule has 2 atom stereocenters. The van der Waals surface area contributed by atoms with Gasteiger partial charge in [0, 0.05) is 22.6 Å². The average molecular weight is 501 g/mol. The second-order valence-electron chi connectivity index (χ2n) is 9.53. The first kappa shape index (κ1) is 24.6. The van der Waals surface area contributed by atoms with Crippen molar-refractivity contribution in [3.63, 3.8) is 0 Å². The van der Waals surface area contributed by atoms with Crippen molar-refractivity contribution >= 4 is 22.8 Å². The van der Waals surface area contributed by atoms with Crippen molar-refractivity contribution < 1.29 is 23.8 Å². The fourth-order valence-corrected chi connectivity index (χ4v) is 5.41. The highest BCUT2D eigenvalue weighted by Crippen LogP contribution is 2.33. The molecular weight excluding hydrogens is 471 g/mol. The van der Waals surface area contributed by atoms with E-state index in [0.717, 1.165) is 28.1 Å². The summed E-state index contributed by atoms with van der Waals surface area (Å²) in [5, 5.41) is 13.4. The minimum atomic E-state index is -0.941. The maximum absolute atomic E-state index is 14.1. The molecule has 0 saturated heterocycles. The number of hydrogen-bond acceptors (Lipinski definition) is 3. The van der Waals surface area contributed by atoms with E-state index in [9.17, 15) is 19.1 Å². The molecule has 190 valence electrons. The lowest BCUT2D eigenvalue weighted by atomic mass is 9.88. The molecule has 0 spiro atoms. The van der Waals surface area contributed by atoms with E-state index < -0.39 is 5.97 Å². The van der Waals surface area contributed by atoms with Gasteiger partial charge < -0.3 is 19.7 Å². The number of ether oxygens (including phenoxy) is 1. The fraction of sp³-hybridized carbons (Fsp3) is 0.267. The van der Waals surface area contributed by atoms with Gasteiger partial charge in [0.15, 0.2) is 0 Å². The SMILES string of the molecule is COc1ccc(CC(C(=O)NC2CCc3c(c4cc(F)ccc4n3CC(=O)O)C2)c2ccccc2)cc1. The molecule has 6 nitrogen and oxygen atoms in total. The molecule has 2 N–H and O–H groups in total. The number of fused-ring (bicyclic) bond motifs is 3. The molecular formula is C30H29FN2O4. The van der Waals surface area contributed by atoms with Gasteiger partial charge in [0.25, 0.3) is 0 Å². The molecule has 0 bridgehead atoms. The predicted molar refractivity (Wildman–Crippen MR) is 139 cm³/mol. The molecule has 2 unspecified atom stereocenters. The summed E-state index contributed by atoms with van der Waals surface area (Å²) >= 11 is 0. The standard InChI is InChI=1S/C30H29FN2O4/c1-37-23-11-7-19(8-12-23)15-24(20-5-3-2-4-6-20)30(36)32-22-10-14-28-26(17-22)25-16-21(31)9-13-27(25)33(28)18-29(34)35/h2-9,11-13,16,22,24H,10,14-15,17-18H2,1H3,(H,32,36)(H,34,35). The summed E-state index contributed by atoms with van der Waals surface area (Å²) in [6, 6.07) is 21.8. The Kier molecular flexibility index (Phi) is 6.95. The summed E-state index contributed by atoms with van der Waals surface area (Å²) in [4.78, 5) is 25.2. The molecule has 0 fully saturated rings. The van der Waals surface area contributed by atoms with E-state index in [0.29, 0.717) is 36.6 Å². The number of carboxylic acid groups (broad SMARTS) is 1. The van der Waals surface area contributed by atoms with E-state index in [-0.39, 0.29) is 30.2 Å². The van der Waals surface area contributed by atoms with Crippen LogP contribution in [0, 0.1) is 5.82 Å². The van der Waals surface area contributed by atoms with Crippen LogP contribution in [0.15, 0.2) is 72.8 Å². The van der Waals surface area contributed by atoms with Gasteiger partial charge in [-0.1, -0.05) is 42.5 Å². The van der Waals surface area contributed by atoms with Gasteiger partial charge in [0.2, 0.25) is 5.91 Å².